The van der Waals surface area contributed by atoms with E-state index in [0.717, 1.165) is 22.7 Å². The van der Waals surface area contributed by atoms with E-state index in [1.165, 1.54) is 54.8 Å². The van der Waals surface area contributed by atoms with Gasteiger partial charge in [-0.25, -0.2) is 0 Å². The molecule has 0 aliphatic rings. The first kappa shape index (κ1) is 27.9. The molecule has 226 valence electrons. The summed E-state index contributed by atoms with van der Waals surface area (Å²) in [5.41, 5.74) is 11.7. The van der Waals surface area contributed by atoms with Crippen molar-refractivity contribution >= 4 is 49.6 Å². The van der Waals surface area contributed by atoms with Gasteiger partial charge in [-0.05, 0) is 76.7 Å². The number of nitrogens with zero attached hydrogens (tertiary/aromatic N) is 2. The Bertz CT molecular complexity index is 2540. The van der Waals surface area contributed by atoms with Gasteiger partial charge < -0.3 is 9.47 Å². The van der Waals surface area contributed by atoms with Gasteiger partial charge in [-0.1, -0.05) is 140 Å². The van der Waals surface area contributed by atoms with Crippen LogP contribution in [0.2, 0.25) is 0 Å². The van der Waals surface area contributed by atoms with Gasteiger partial charge in [-0.3, -0.25) is 0 Å². The van der Waals surface area contributed by atoms with Crippen LogP contribution >= 0.6 is 0 Å². The third-order valence-electron chi connectivity index (χ3n) is 9.38. The quantitative estimate of drug-likeness (QED) is 0.181. The molecule has 9 rings (SSSR count). The smallest absolute Gasteiger partial charge is 0.0541 e. The van der Waals surface area contributed by atoms with Gasteiger partial charge in [0.25, 0.3) is 0 Å². The lowest BCUT2D eigenvalue weighted by Gasteiger charge is -2.29. The van der Waals surface area contributed by atoms with Crippen LogP contribution in [0.1, 0.15) is 0 Å². The van der Waals surface area contributed by atoms with Crippen LogP contribution < -0.4 is 4.90 Å². The average Bonchev–Trinajstić information content (AvgIpc) is 3.50. The van der Waals surface area contributed by atoms with Gasteiger partial charge in [0.05, 0.1) is 22.4 Å². The lowest BCUT2D eigenvalue weighted by molar-refractivity contribution is 1.18. The molecule has 0 saturated heterocycles. The number of fused-ring (bicyclic) bond motifs is 4. The van der Waals surface area contributed by atoms with Crippen molar-refractivity contribution in [2.75, 3.05) is 4.90 Å². The van der Waals surface area contributed by atoms with Gasteiger partial charge in [-0.2, -0.15) is 0 Å². The zero-order valence-electron chi connectivity index (χ0n) is 26.4. The van der Waals surface area contributed by atoms with Crippen LogP contribution in [0, 0.1) is 0 Å². The van der Waals surface area contributed by atoms with E-state index in [9.17, 15) is 0 Å². The Hall–Kier alpha value is -6.38. The minimum absolute atomic E-state index is 1.11. The largest absolute Gasteiger partial charge is 0.309 e. The second-order valence-electron chi connectivity index (χ2n) is 12.2. The van der Waals surface area contributed by atoms with Crippen LogP contribution in [0.3, 0.4) is 0 Å². The Morgan fingerprint density at radius 2 is 0.938 bits per heavy atom. The summed E-state index contributed by atoms with van der Waals surface area (Å²) in [7, 11) is 0. The van der Waals surface area contributed by atoms with Crippen LogP contribution in [0.15, 0.2) is 194 Å². The predicted molar refractivity (Wildman–Crippen MR) is 204 cm³/mol. The summed E-state index contributed by atoms with van der Waals surface area (Å²) >= 11 is 0. The van der Waals surface area contributed by atoms with Crippen molar-refractivity contribution in [3.8, 4) is 27.9 Å². The number of aromatic nitrogens is 1. The van der Waals surface area contributed by atoms with Gasteiger partial charge in [0.2, 0.25) is 0 Å². The van der Waals surface area contributed by atoms with Gasteiger partial charge >= 0.3 is 0 Å². The summed E-state index contributed by atoms with van der Waals surface area (Å²) in [4.78, 5) is 2.42. The van der Waals surface area contributed by atoms with E-state index in [4.69, 9.17) is 0 Å². The molecule has 8 aromatic carbocycles. The second kappa shape index (κ2) is 11.8. The Morgan fingerprint density at radius 3 is 1.77 bits per heavy atom. The Kier molecular flexibility index (Phi) is 6.84. The molecule has 48 heavy (non-hydrogen) atoms. The highest BCUT2D eigenvalue weighted by molar-refractivity contribution is 6.11. The fraction of sp³-hybridized carbons (Fsp3) is 0. The summed E-state index contributed by atoms with van der Waals surface area (Å²) in [5.74, 6) is 0. The molecule has 0 spiro atoms. The Labute approximate surface area is 280 Å². The van der Waals surface area contributed by atoms with Crippen LogP contribution in [0.4, 0.5) is 17.1 Å². The first-order chi connectivity index (χ1) is 23.8. The number of hydrogen-bond acceptors (Lipinski definition) is 1. The summed E-state index contributed by atoms with van der Waals surface area (Å²) in [6, 6.07) is 69.9. The maximum atomic E-state index is 2.42. The average molecular weight is 613 g/mol. The first-order valence-corrected chi connectivity index (χ1v) is 16.4. The second-order valence-corrected chi connectivity index (χ2v) is 12.2. The fourth-order valence-electron chi connectivity index (χ4n) is 7.15. The van der Waals surface area contributed by atoms with Crippen molar-refractivity contribution in [3.05, 3.63) is 194 Å². The molecule has 0 bridgehead atoms. The minimum atomic E-state index is 1.11. The fourth-order valence-corrected chi connectivity index (χ4v) is 7.15. The van der Waals surface area contributed by atoms with E-state index in [2.05, 4.69) is 204 Å². The molecule has 0 N–H and O–H groups in total. The Balaban J connectivity index is 1.25. The lowest BCUT2D eigenvalue weighted by Crippen LogP contribution is -2.11. The molecule has 0 radical (unpaired) electrons. The van der Waals surface area contributed by atoms with E-state index in [-0.39, 0.29) is 0 Å². The molecule has 1 heterocycles. The molecule has 0 saturated carbocycles. The van der Waals surface area contributed by atoms with Crippen LogP contribution in [0.25, 0.3) is 60.5 Å². The van der Waals surface area contributed by atoms with Gasteiger partial charge in [0.1, 0.15) is 0 Å². The molecule has 0 amide bonds. The van der Waals surface area contributed by atoms with Crippen molar-refractivity contribution < 1.29 is 0 Å². The number of benzene rings is 8. The molecule has 0 unspecified atom stereocenters. The molecule has 0 aliphatic carbocycles. The number of anilines is 3. The van der Waals surface area contributed by atoms with Crippen molar-refractivity contribution in [3.63, 3.8) is 0 Å². The highest BCUT2D eigenvalue weighted by Crippen LogP contribution is 2.45. The van der Waals surface area contributed by atoms with Gasteiger partial charge in [0, 0.05) is 33.1 Å². The van der Waals surface area contributed by atoms with Crippen LogP contribution in [0.5, 0.6) is 0 Å². The summed E-state index contributed by atoms with van der Waals surface area (Å²) in [6.07, 6.45) is 0. The van der Waals surface area contributed by atoms with Crippen LogP contribution in [-0.2, 0) is 0 Å². The van der Waals surface area contributed by atoms with Crippen LogP contribution in [-0.4, -0.2) is 4.57 Å². The third-order valence-corrected chi connectivity index (χ3v) is 9.38. The summed E-state index contributed by atoms with van der Waals surface area (Å²) in [6.45, 7) is 0. The zero-order chi connectivity index (χ0) is 31.9. The molecular formula is C46H32N2. The lowest BCUT2D eigenvalue weighted by atomic mass is 9.98. The number of para-hydroxylation sites is 3. The molecule has 9 aromatic rings. The first-order valence-electron chi connectivity index (χ1n) is 16.4. The Morgan fingerprint density at radius 1 is 0.354 bits per heavy atom. The van der Waals surface area contributed by atoms with Crippen molar-refractivity contribution in [2.45, 2.75) is 0 Å². The molecule has 0 atom stereocenters. The van der Waals surface area contributed by atoms with Gasteiger partial charge in [0.15, 0.2) is 0 Å². The number of rotatable bonds is 6. The topological polar surface area (TPSA) is 8.17 Å². The van der Waals surface area contributed by atoms with E-state index < -0.39 is 0 Å². The monoisotopic (exact) mass is 612 g/mol. The summed E-state index contributed by atoms with van der Waals surface area (Å²) in [5, 5.41) is 4.92. The minimum Gasteiger partial charge on any atom is -0.309 e. The molecule has 0 fully saturated rings. The molecule has 0 aliphatic heterocycles. The molecule has 2 heteroatoms. The van der Waals surface area contributed by atoms with E-state index in [0.29, 0.717) is 0 Å². The van der Waals surface area contributed by atoms with Gasteiger partial charge in [-0.15, -0.1) is 0 Å². The number of hydrogen-bond donors (Lipinski definition) is 0. The maximum absolute atomic E-state index is 2.42. The SMILES string of the molecule is c1ccc(-c2ccc(N(c3ccccc3-c3ccc4c(c3)c3ccccc3n4-c3ccccc3)c3cccc4ccccc34)cc2)cc1. The van der Waals surface area contributed by atoms with E-state index in [1.54, 1.807) is 0 Å². The highest BCUT2D eigenvalue weighted by Gasteiger charge is 2.20. The maximum Gasteiger partial charge on any atom is 0.0541 e. The van der Waals surface area contributed by atoms with Crippen molar-refractivity contribution in [1.82, 2.24) is 4.57 Å². The standard InChI is InChI=1S/C46H32N2/c1-3-14-33(15-4-1)34-26-29-38(30-27-34)48(44-25-13-17-35-16-7-8-20-39(35)44)43-23-11-9-21-40(43)36-28-31-46-42(32-36)41-22-10-12-24-45(41)47(46)37-18-5-2-6-19-37/h1-32H. The van der Waals surface area contributed by atoms with Crippen molar-refractivity contribution in [1.29, 1.82) is 0 Å². The normalized spacial score (nSPS) is 11.3. The predicted octanol–water partition coefficient (Wildman–Crippen LogP) is 12.7. The van der Waals surface area contributed by atoms with E-state index >= 15 is 0 Å². The summed E-state index contributed by atoms with van der Waals surface area (Å²) < 4.78 is 2.37. The molecule has 1 aromatic heterocycles. The molecule has 2 nitrogen and oxygen atoms in total. The third kappa shape index (κ3) is 4.74. The molecular weight excluding hydrogens is 581 g/mol. The van der Waals surface area contributed by atoms with Crippen molar-refractivity contribution in [2.24, 2.45) is 0 Å². The highest BCUT2D eigenvalue weighted by atomic mass is 15.1. The zero-order valence-corrected chi connectivity index (χ0v) is 26.4. The van der Waals surface area contributed by atoms with E-state index in [1.807, 2.05) is 0 Å².